The summed E-state index contributed by atoms with van der Waals surface area (Å²) >= 11 is 5.89. The molecule has 0 saturated heterocycles. The zero-order valence-corrected chi connectivity index (χ0v) is 9.24. The van der Waals surface area contributed by atoms with Gasteiger partial charge in [-0.25, -0.2) is 4.39 Å². The molecular formula is C12H11ClFN. The molecule has 1 aromatic rings. The van der Waals surface area contributed by atoms with Crippen molar-refractivity contribution < 1.29 is 4.39 Å². The third-order valence-corrected chi connectivity index (χ3v) is 3.37. The maximum Gasteiger partial charge on any atom is 0.131 e. The first-order valence-corrected chi connectivity index (χ1v) is 5.34. The van der Waals surface area contributed by atoms with Crippen LogP contribution in [0, 0.1) is 24.1 Å². The lowest BCUT2D eigenvalue weighted by Gasteiger charge is -2.36. The Bertz CT molecular complexity index is 444. The summed E-state index contributed by atoms with van der Waals surface area (Å²) in [6, 6.07) is 5.40. The molecule has 1 nitrogen and oxygen atoms in total. The maximum absolute atomic E-state index is 13.9. The molecule has 1 fully saturated rings. The second-order valence-electron chi connectivity index (χ2n) is 4.13. The summed E-state index contributed by atoms with van der Waals surface area (Å²) in [5.74, 6) is -0.277. The highest BCUT2D eigenvalue weighted by Crippen LogP contribution is 2.45. The highest BCUT2D eigenvalue weighted by Gasteiger charge is 2.41. The lowest BCUT2D eigenvalue weighted by atomic mass is 9.65. The smallest absolute Gasteiger partial charge is 0.131 e. The van der Waals surface area contributed by atoms with Gasteiger partial charge in [-0.1, -0.05) is 11.6 Å². The van der Waals surface area contributed by atoms with Crippen molar-refractivity contribution in [2.24, 2.45) is 0 Å². The summed E-state index contributed by atoms with van der Waals surface area (Å²) in [6.07, 6.45) is 2.46. The molecule has 0 heterocycles. The van der Waals surface area contributed by atoms with Crippen molar-refractivity contribution in [2.45, 2.75) is 31.6 Å². The van der Waals surface area contributed by atoms with Crippen LogP contribution in [0.1, 0.15) is 30.4 Å². The average Bonchev–Trinajstić information content (AvgIpc) is 2.12. The lowest BCUT2D eigenvalue weighted by Crippen LogP contribution is -2.33. The minimum Gasteiger partial charge on any atom is -0.206 e. The van der Waals surface area contributed by atoms with Crippen LogP contribution in [0.3, 0.4) is 0 Å². The second-order valence-corrected chi connectivity index (χ2v) is 4.57. The first-order chi connectivity index (χ1) is 7.09. The number of hydrogen-bond acceptors (Lipinski definition) is 1. The molecule has 1 saturated carbocycles. The van der Waals surface area contributed by atoms with Crippen LogP contribution in [-0.4, -0.2) is 0 Å². The van der Waals surface area contributed by atoms with Gasteiger partial charge in [0.05, 0.1) is 11.5 Å². The largest absolute Gasteiger partial charge is 0.206 e. The fourth-order valence-electron chi connectivity index (χ4n) is 2.05. The summed E-state index contributed by atoms with van der Waals surface area (Å²) in [7, 11) is 0. The first-order valence-electron chi connectivity index (χ1n) is 4.96. The molecule has 0 spiro atoms. The molecule has 0 amide bonds. The summed E-state index contributed by atoms with van der Waals surface area (Å²) in [5, 5.41) is 9.64. The Morgan fingerprint density at radius 2 is 2.13 bits per heavy atom. The van der Waals surface area contributed by atoms with E-state index in [1.165, 1.54) is 0 Å². The topological polar surface area (TPSA) is 23.8 Å². The number of hydrogen-bond donors (Lipinski definition) is 0. The van der Waals surface area contributed by atoms with Gasteiger partial charge in [0.1, 0.15) is 5.82 Å². The Morgan fingerprint density at radius 3 is 2.60 bits per heavy atom. The van der Waals surface area contributed by atoms with E-state index < -0.39 is 5.41 Å². The van der Waals surface area contributed by atoms with Gasteiger partial charge in [0, 0.05) is 10.6 Å². The fraction of sp³-hybridized carbons (Fsp3) is 0.417. The maximum atomic E-state index is 13.9. The monoisotopic (exact) mass is 223 g/mol. The van der Waals surface area contributed by atoms with E-state index >= 15 is 0 Å². The lowest BCUT2D eigenvalue weighted by molar-refractivity contribution is 0.312. The molecule has 3 heteroatoms. The van der Waals surface area contributed by atoms with Gasteiger partial charge < -0.3 is 0 Å². The predicted octanol–water partition coefficient (Wildman–Crippen LogP) is 3.73. The zero-order chi connectivity index (χ0) is 11.1. The van der Waals surface area contributed by atoms with Crippen molar-refractivity contribution in [3.8, 4) is 6.07 Å². The predicted molar refractivity (Wildman–Crippen MR) is 57.3 cm³/mol. The Balaban J connectivity index is 2.57. The van der Waals surface area contributed by atoms with Crippen molar-refractivity contribution in [2.75, 3.05) is 0 Å². The molecule has 0 aliphatic heterocycles. The summed E-state index contributed by atoms with van der Waals surface area (Å²) < 4.78 is 13.9. The zero-order valence-electron chi connectivity index (χ0n) is 8.48. The highest BCUT2D eigenvalue weighted by atomic mass is 35.5. The Labute approximate surface area is 93.5 Å². The Hall–Kier alpha value is -1.07. The molecule has 0 N–H and O–H groups in total. The number of nitrogens with zero attached hydrogens (tertiary/aromatic N) is 1. The van der Waals surface area contributed by atoms with E-state index in [2.05, 4.69) is 6.07 Å². The molecule has 0 radical (unpaired) electrons. The van der Waals surface area contributed by atoms with Crippen molar-refractivity contribution in [1.82, 2.24) is 0 Å². The van der Waals surface area contributed by atoms with Gasteiger partial charge in [0.25, 0.3) is 0 Å². The van der Waals surface area contributed by atoms with E-state index in [-0.39, 0.29) is 5.82 Å². The van der Waals surface area contributed by atoms with E-state index in [1.807, 2.05) is 0 Å². The van der Waals surface area contributed by atoms with Crippen LogP contribution in [0.2, 0.25) is 5.02 Å². The Morgan fingerprint density at radius 1 is 1.47 bits per heavy atom. The first kappa shape index (κ1) is 10.4. The van der Waals surface area contributed by atoms with E-state index in [0.717, 1.165) is 19.3 Å². The molecule has 0 bridgehead atoms. The van der Waals surface area contributed by atoms with E-state index in [4.69, 9.17) is 16.9 Å². The SMILES string of the molecule is Cc1cc(Cl)cc(C2(C#N)CCC2)c1F. The molecule has 1 aliphatic rings. The number of halogens is 2. The number of nitriles is 1. The summed E-state index contributed by atoms with van der Waals surface area (Å²) in [6.45, 7) is 1.68. The van der Waals surface area contributed by atoms with Gasteiger partial charge in [0.15, 0.2) is 0 Å². The standard InChI is InChI=1S/C12H11ClFN/c1-8-5-9(13)6-10(11(8)14)12(7-15)3-2-4-12/h5-6H,2-4H2,1H3. The quantitative estimate of drug-likeness (QED) is 0.712. The van der Waals surface area contributed by atoms with E-state index in [0.29, 0.717) is 16.1 Å². The highest BCUT2D eigenvalue weighted by molar-refractivity contribution is 6.30. The van der Waals surface area contributed by atoms with Crippen molar-refractivity contribution in [3.63, 3.8) is 0 Å². The number of benzene rings is 1. The normalized spacial score (nSPS) is 18.0. The number of aryl methyl sites for hydroxylation is 1. The van der Waals surface area contributed by atoms with Crippen molar-refractivity contribution >= 4 is 11.6 Å². The second kappa shape index (κ2) is 3.50. The van der Waals surface area contributed by atoms with Crippen LogP contribution >= 0.6 is 11.6 Å². The van der Waals surface area contributed by atoms with Crippen molar-refractivity contribution in [1.29, 1.82) is 5.26 Å². The molecular weight excluding hydrogens is 213 g/mol. The average molecular weight is 224 g/mol. The summed E-state index contributed by atoms with van der Waals surface area (Å²) in [4.78, 5) is 0. The van der Waals surface area contributed by atoms with Gasteiger partial charge >= 0.3 is 0 Å². The van der Waals surface area contributed by atoms with Gasteiger partial charge in [-0.15, -0.1) is 0 Å². The summed E-state index contributed by atoms with van der Waals surface area (Å²) in [5.41, 5.74) is 0.361. The molecule has 1 aromatic carbocycles. The van der Waals surface area contributed by atoms with E-state index in [1.54, 1.807) is 19.1 Å². The molecule has 78 valence electrons. The number of rotatable bonds is 1. The fourth-order valence-corrected chi connectivity index (χ4v) is 2.32. The van der Waals surface area contributed by atoms with Crippen LogP contribution in [0.15, 0.2) is 12.1 Å². The molecule has 0 atom stereocenters. The molecule has 1 aliphatic carbocycles. The van der Waals surface area contributed by atoms with Gasteiger partial charge in [0.2, 0.25) is 0 Å². The van der Waals surface area contributed by atoms with Gasteiger partial charge in [-0.2, -0.15) is 5.26 Å². The molecule has 15 heavy (non-hydrogen) atoms. The molecule has 0 aromatic heterocycles. The van der Waals surface area contributed by atoms with Crippen LogP contribution < -0.4 is 0 Å². The minimum absolute atomic E-state index is 0.277. The molecule has 2 rings (SSSR count). The minimum atomic E-state index is -0.625. The van der Waals surface area contributed by atoms with Crippen LogP contribution in [0.25, 0.3) is 0 Å². The van der Waals surface area contributed by atoms with Crippen LogP contribution in [-0.2, 0) is 5.41 Å². The third kappa shape index (κ3) is 1.52. The van der Waals surface area contributed by atoms with Gasteiger partial charge in [-0.3, -0.25) is 0 Å². The molecule has 0 unspecified atom stereocenters. The van der Waals surface area contributed by atoms with Crippen LogP contribution in [0.5, 0.6) is 0 Å². The van der Waals surface area contributed by atoms with E-state index in [9.17, 15) is 4.39 Å². The Kier molecular flexibility index (Phi) is 2.44. The van der Waals surface area contributed by atoms with Crippen LogP contribution in [0.4, 0.5) is 4.39 Å². The third-order valence-electron chi connectivity index (χ3n) is 3.16. The van der Waals surface area contributed by atoms with Gasteiger partial charge in [-0.05, 0) is 43.9 Å². The van der Waals surface area contributed by atoms with Crippen molar-refractivity contribution in [3.05, 3.63) is 34.1 Å².